The van der Waals surface area contributed by atoms with E-state index < -0.39 is 5.97 Å². The van der Waals surface area contributed by atoms with Gasteiger partial charge in [0.05, 0.1) is 6.42 Å². The van der Waals surface area contributed by atoms with E-state index in [2.05, 4.69) is 0 Å². The van der Waals surface area contributed by atoms with Crippen molar-refractivity contribution >= 4 is 5.97 Å². The number of carboxylic acid groups (broad SMARTS) is 1. The maximum atomic E-state index is 10.6. The third kappa shape index (κ3) is 1.98. The molecule has 1 aliphatic rings. The molecule has 1 N–H and O–H groups in total. The molecule has 0 saturated heterocycles. The van der Waals surface area contributed by atoms with Crippen LogP contribution >= 0.6 is 0 Å². The molecule has 0 fully saturated rings. The van der Waals surface area contributed by atoms with Crippen molar-refractivity contribution in [2.45, 2.75) is 12.7 Å². The van der Waals surface area contributed by atoms with Crippen LogP contribution in [-0.2, 0) is 4.79 Å². The molecule has 5 nitrogen and oxygen atoms in total. The largest absolute Gasteiger partial charge is 0.481 e. The Labute approximate surface area is 84.2 Å². The Hall–Kier alpha value is -1.23. The van der Waals surface area contributed by atoms with E-state index in [-0.39, 0.29) is 12.7 Å². The molecule has 0 radical (unpaired) electrons. The number of hydrogen-bond donors (Lipinski definition) is 1. The number of rotatable bonds is 3. The molecular formula is C9H17N3O2. The summed E-state index contributed by atoms with van der Waals surface area (Å²) in [6.07, 6.45) is 2.06. The molecule has 1 rings (SSSR count). The van der Waals surface area contributed by atoms with Gasteiger partial charge in [-0.15, -0.1) is 0 Å². The molecule has 0 amide bonds. The fraction of sp³-hybridized carbons (Fsp3) is 0.667. The standard InChI is InChI=1S/C9H17N3O2/c1-10(2)9-11(3)6-7(12(9)4)5-8(13)14/h6,9H,5H2,1-4H3,(H,13,14). The van der Waals surface area contributed by atoms with E-state index in [1.165, 1.54) is 0 Å². The van der Waals surface area contributed by atoms with Gasteiger partial charge in [-0.2, -0.15) is 0 Å². The molecule has 0 spiro atoms. The van der Waals surface area contributed by atoms with Gasteiger partial charge < -0.3 is 14.9 Å². The average Bonchev–Trinajstić information content (AvgIpc) is 2.25. The van der Waals surface area contributed by atoms with E-state index in [0.29, 0.717) is 0 Å². The first kappa shape index (κ1) is 10.8. The van der Waals surface area contributed by atoms with Gasteiger partial charge >= 0.3 is 5.97 Å². The van der Waals surface area contributed by atoms with E-state index >= 15 is 0 Å². The lowest BCUT2D eigenvalue weighted by Gasteiger charge is -2.34. The van der Waals surface area contributed by atoms with E-state index in [0.717, 1.165) is 5.70 Å². The zero-order valence-electron chi connectivity index (χ0n) is 9.06. The Morgan fingerprint density at radius 2 is 2.14 bits per heavy atom. The van der Waals surface area contributed by atoms with Crippen molar-refractivity contribution < 1.29 is 9.90 Å². The summed E-state index contributed by atoms with van der Waals surface area (Å²) in [5.41, 5.74) is 0.832. The number of nitrogens with zero attached hydrogens (tertiary/aromatic N) is 3. The summed E-state index contributed by atoms with van der Waals surface area (Å²) in [6, 6.07) is 0. The van der Waals surface area contributed by atoms with Crippen LogP contribution in [-0.4, -0.2) is 60.3 Å². The van der Waals surface area contributed by atoms with Crippen LogP contribution in [0.25, 0.3) is 0 Å². The Morgan fingerprint density at radius 3 is 2.50 bits per heavy atom. The highest BCUT2D eigenvalue weighted by atomic mass is 16.4. The molecule has 0 aromatic carbocycles. The Kier molecular flexibility index (Phi) is 3.00. The van der Waals surface area contributed by atoms with Gasteiger partial charge in [-0.1, -0.05) is 0 Å². The molecule has 5 heteroatoms. The van der Waals surface area contributed by atoms with Crippen molar-refractivity contribution in [3.05, 3.63) is 11.9 Å². The molecule has 1 atom stereocenters. The lowest BCUT2D eigenvalue weighted by atomic mass is 10.3. The highest BCUT2D eigenvalue weighted by Crippen LogP contribution is 2.22. The predicted molar refractivity (Wildman–Crippen MR) is 53.3 cm³/mol. The minimum Gasteiger partial charge on any atom is -0.481 e. The monoisotopic (exact) mass is 199 g/mol. The smallest absolute Gasteiger partial charge is 0.309 e. The summed E-state index contributed by atoms with van der Waals surface area (Å²) < 4.78 is 0. The second kappa shape index (κ2) is 3.88. The quantitative estimate of drug-likeness (QED) is 0.694. The van der Waals surface area contributed by atoms with Crippen molar-refractivity contribution in [1.82, 2.24) is 14.7 Å². The Morgan fingerprint density at radius 1 is 1.57 bits per heavy atom. The van der Waals surface area contributed by atoms with Crippen molar-refractivity contribution in [2.75, 3.05) is 28.2 Å². The minimum absolute atomic E-state index is 0.0746. The van der Waals surface area contributed by atoms with Gasteiger partial charge in [0, 0.05) is 26.0 Å². The summed E-state index contributed by atoms with van der Waals surface area (Å²) in [6.45, 7) is 0. The molecule has 1 unspecified atom stereocenters. The van der Waals surface area contributed by atoms with Crippen molar-refractivity contribution in [3.63, 3.8) is 0 Å². The van der Waals surface area contributed by atoms with E-state index in [1.54, 1.807) is 0 Å². The van der Waals surface area contributed by atoms with Crippen molar-refractivity contribution in [2.24, 2.45) is 0 Å². The van der Waals surface area contributed by atoms with Gasteiger partial charge in [-0.25, -0.2) is 0 Å². The first-order valence-corrected chi connectivity index (χ1v) is 4.47. The summed E-state index contributed by atoms with van der Waals surface area (Å²) in [7, 11) is 7.78. The molecule has 14 heavy (non-hydrogen) atoms. The van der Waals surface area contributed by atoms with Gasteiger partial charge in [-0.3, -0.25) is 9.69 Å². The van der Waals surface area contributed by atoms with Crippen LogP contribution in [0, 0.1) is 0 Å². The minimum atomic E-state index is -0.795. The van der Waals surface area contributed by atoms with Crippen LogP contribution in [0.4, 0.5) is 0 Å². The number of hydrogen-bond acceptors (Lipinski definition) is 4. The summed E-state index contributed by atoms with van der Waals surface area (Å²) in [5, 5.41) is 8.70. The van der Waals surface area contributed by atoms with Crippen LogP contribution in [0.2, 0.25) is 0 Å². The summed E-state index contributed by atoms with van der Waals surface area (Å²) in [5.74, 6) is -0.795. The van der Waals surface area contributed by atoms with E-state index in [4.69, 9.17) is 5.11 Å². The second-order valence-corrected chi connectivity index (χ2v) is 3.78. The average molecular weight is 199 g/mol. The topological polar surface area (TPSA) is 47.0 Å². The zero-order chi connectivity index (χ0) is 10.9. The van der Waals surface area contributed by atoms with Crippen LogP contribution in [0.3, 0.4) is 0 Å². The lowest BCUT2D eigenvalue weighted by Crippen LogP contribution is -2.46. The SMILES string of the molecule is CN(C)C1N(C)C=C(CC(=O)O)N1C. The maximum Gasteiger partial charge on any atom is 0.309 e. The molecule has 0 saturated carbocycles. The van der Waals surface area contributed by atoms with E-state index in [9.17, 15) is 4.79 Å². The van der Waals surface area contributed by atoms with Crippen LogP contribution in [0.15, 0.2) is 11.9 Å². The highest BCUT2D eigenvalue weighted by Gasteiger charge is 2.29. The maximum absolute atomic E-state index is 10.6. The molecule has 0 bridgehead atoms. The number of carbonyl (C=O) groups is 1. The van der Waals surface area contributed by atoms with Gasteiger partial charge in [0.1, 0.15) is 0 Å². The third-order valence-electron chi connectivity index (χ3n) is 2.31. The third-order valence-corrected chi connectivity index (χ3v) is 2.31. The van der Waals surface area contributed by atoms with Gasteiger partial charge in [0.25, 0.3) is 0 Å². The highest BCUT2D eigenvalue weighted by molar-refractivity contribution is 5.69. The summed E-state index contributed by atoms with van der Waals surface area (Å²) in [4.78, 5) is 16.6. The molecule has 1 heterocycles. The van der Waals surface area contributed by atoms with Crippen LogP contribution in [0.1, 0.15) is 6.42 Å². The molecule has 0 aliphatic carbocycles. The molecule has 1 aliphatic heterocycles. The first-order valence-electron chi connectivity index (χ1n) is 4.47. The number of carboxylic acids is 1. The van der Waals surface area contributed by atoms with Gasteiger partial charge in [0.2, 0.25) is 0 Å². The van der Waals surface area contributed by atoms with E-state index in [1.807, 2.05) is 49.1 Å². The van der Waals surface area contributed by atoms with Crippen molar-refractivity contribution in [3.8, 4) is 0 Å². The summed E-state index contributed by atoms with van der Waals surface area (Å²) >= 11 is 0. The normalized spacial score (nSPS) is 21.8. The Balaban J connectivity index is 2.73. The first-order chi connectivity index (χ1) is 6.43. The fourth-order valence-electron chi connectivity index (χ4n) is 1.85. The molecule has 80 valence electrons. The molecule has 0 aromatic heterocycles. The number of aliphatic carboxylic acids is 1. The van der Waals surface area contributed by atoms with Crippen LogP contribution in [0.5, 0.6) is 0 Å². The predicted octanol–water partition coefficient (Wildman–Crippen LogP) is 0.0249. The van der Waals surface area contributed by atoms with Gasteiger partial charge in [-0.05, 0) is 14.1 Å². The van der Waals surface area contributed by atoms with Crippen molar-refractivity contribution in [1.29, 1.82) is 0 Å². The fourth-order valence-corrected chi connectivity index (χ4v) is 1.85. The molecule has 0 aromatic rings. The second-order valence-electron chi connectivity index (χ2n) is 3.78. The van der Waals surface area contributed by atoms with Crippen LogP contribution < -0.4 is 0 Å². The molecular weight excluding hydrogens is 182 g/mol. The zero-order valence-corrected chi connectivity index (χ0v) is 9.06. The lowest BCUT2D eigenvalue weighted by molar-refractivity contribution is -0.136. The Bertz CT molecular complexity index is 263. The van der Waals surface area contributed by atoms with Gasteiger partial charge in [0.15, 0.2) is 6.29 Å².